The smallest absolute Gasteiger partial charge is 0.326 e. The van der Waals surface area contributed by atoms with Gasteiger partial charge >= 0.3 is 12.0 Å². The Morgan fingerprint density at radius 1 is 1.35 bits per heavy atom. The van der Waals surface area contributed by atoms with Crippen molar-refractivity contribution in [2.24, 2.45) is 5.92 Å². The fourth-order valence-corrected chi connectivity index (χ4v) is 2.83. The van der Waals surface area contributed by atoms with Gasteiger partial charge in [0.05, 0.1) is 0 Å². The van der Waals surface area contributed by atoms with Crippen LogP contribution in [0.3, 0.4) is 0 Å². The van der Waals surface area contributed by atoms with Crippen molar-refractivity contribution in [1.29, 1.82) is 0 Å². The molecule has 108 valence electrons. The van der Waals surface area contributed by atoms with Gasteiger partial charge in [0.15, 0.2) is 0 Å². The zero-order valence-electron chi connectivity index (χ0n) is 11.5. The lowest BCUT2D eigenvalue weighted by atomic mass is 10.0. The molecule has 0 radical (unpaired) electrons. The fraction of sp³-hybridized carbons (Fsp3) is 0.429. The number of amides is 2. The maximum absolute atomic E-state index is 12.2. The highest BCUT2D eigenvalue weighted by molar-refractivity contribution is 7.98. The van der Waals surface area contributed by atoms with Crippen LogP contribution in [0.15, 0.2) is 29.2 Å². The predicted molar refractivity (Wildman–Crippen MR) is 79.2 cm³/mol. The maximum Gasteiger partial charge on any atom is 0.326 e. The third-order valence-corrected chi connectivity index (χ3v) is 4.30. The molecule has 1 aromatic carbocycles. The Bertz CT molecular complexity index is 504. The molecule has 2 rings (SSSR count). The van der Waals surface area contributed by atoms with E-state index in [9.17, 15) is 14.7 Å². The van der Waals surface area contributed by atoms with Gasteiger partial charge in [0.2, 0.25) is 0 Å². The molecule has 2 amide bonds. The minimum Gasteiger partial charge on any atom is -0.480 e. The molecule has 2 unspecified atom stereocenters. The minimum atomic E-state index is -0.942. The van der Waals surface area contributed by atoms with E-state index >= 15 is 0 Å². The van der Waals surface area contributed by atoms with Gasteiger partial charge in [0.25, 0.3) is 0 Å². The van der Waals surface area contributed by atoms with Crippen molar-refractivity contribution in [3.63, 3.8) is 0 Å². The summed E-state index contributed by atoms with van der Waals surface area (Å²) in [5.41, 5.74) is 0.677. The number of hydrogen-bond donors (Lipinski definition) is 2. The zero-order valence-corrected chi connectivity index (χ0v) is 12.3. The van der Waals surface area contributed by atoms with Crippen molar-refractivity contribution < 1.29 is 14.7 Å². The van der Waals surface area contributed by atoms with Crippen LogP contribution in [0.1, 0.15) is 13.3 Å². The largest absolute Gasteiger partial charge is 0.480 e. The van der Waals surface area contributed by atoms with Gasteiger partial charge < -0.3 is 15.3 Å². The third kappa shape index (κ3) is 3.07. The second-order valence-electron chi connectivity index (χ2n) is 4.90. The highest BCUT2D eigenvalue weighted by atomic mass is 32.2. The van der Waals surface area contributed by atoms with E-state index in [1.807, 2.05) is 37.4 Å². The maximum atomic E-state index is 12.2. The number of anilines is 1. The number of carbonyl (C=O) groups excluding carboxylic acids is 1. The summed E-state index contributed by atoms with van der Waals surface area (Å²) >= 11 is 1.63. The molecule has 20 heavy (non-hydrogen) atoms. The first-order valence-corrected chi connectivity index (χ1v) is 7.70. The molecule has 0 aromatic heterocycles. The Balaban J connectivity index is 2.05. The molecule has 1 heterocycles. The number of carbonyl (C=O) groups is 2. The van der Waals surface area contributed by atoms with Crippen molar-refractivity contribution >= 4 is 29.4 Å². The SMILES string of the molecule is CSc1ccc(NC(=O)N2CCC(C)C2C(=O)O)cc1. The number of nitrogens with zero attached hydrogens (tertiary/aromatic N) is 1. The molecule has 1 aliphatic rings. The summed E-state index contributed by atoms with van der Waals surface area (Å²) in [6, 6.07) is 6.39. The van der Waals surface area contributed by atoms with Crippen LogP contribution in [-0.2, 0) is 4.79 Å². The first-order chi connectivity index (χ1) is 9.52. The normalized spacial score (nSPS) is 21.8. The van der Waals surface area contributed by atoms with Crippen molar-refractivity contribution in [3.05, 3.63) is 24.3 Å². The molecule has 6 heteroatoms. The summed E-state index contributed by atoms with van der Waals surface area (Å²) in [4.78, 5) is 25.9. The summed E-state index contributed by atoms with van der Waals surface area (Å²) in [5.74, 6) is -0.958. The fourth-order valence-electron chi connectivity index (χ4n) is 2.42. The van der Waals surface area contributed by atoms with Gasteiger partial charge in [-0.3, -0.25) is 0 Å². The highest BCUT2D eigenvalue weighted by Crippen LogP contribution is 2.25. The number of nitrogens with one attached hydrogen (secondary N) is 1. The number of thioether (sulfide) groups is 1. The summed E-state index contributed by atoms with van der Waals surface area (Å²) in [6.07, 6.45) is 2.70. The summed E-state index contributed by atoms with van der Waals surface area (Å²) in [5, 5.41) is 12.0. The van der Waals surface area contributed by atoms with Crippen LogP contribution < -0.4 is 5.32 Å². The number of aliphatic carboxylic acids is 1. The summed E-state index contributed by atoms with van der Waals surface area (Å²) in [6.45, 7) is 2.34. The lowest BCUT2D eigenvalue weighted by molar-refractivity contribution is -0.142. The number of carboxylic acid groups (broad SMARTS) is 1. The molecule has 0 bridgehead atoms. The minimum absolute atomic E-state index is 0.0166. The van der Waals surface area contributed by atoms with Crippen LogP contribution >= 0.6 is 11.8 Å². The molecule has 0 saturated carbocycles. The van der Waals surface area contributed by atoms with E-state index in [-0.39, 0.29) is 11.9 Å². The Hall–Kier alpha value is -1.69. The number of rotatable bonds is 3. The molecular formula is C14H18N2O3S. The van der Waals surface area contributed by atoms with Crippen molar-refractivity contribution in [2.75, 3.05) is 18.1 Å². The number of likely N-dealkylation sites (tertiary alicyclic amines) is 1. The van der Waals surface area contributed by atoms with Gasteiger partial charge in [0.1, 0.15) is 6.04 Å². The van der Waals surface area contributed by atoms with Crippen LogP contribution in [0.25, 0.3) is 0 Å². The quantitative estimate of drug-likeness (QED) is 0.841. The van der Waals surface area contributed by atoms with Crippen LogP contribution in [0.2, 0.25) is 0 Å². The van der Waals surface area contributed by atoms with Gasteiger partial charge in [-0.1, -0.05) is 6.92 Å². The molecule has 1 aromatic rings. The van der Waals surface area contributed by atoms with Crippen LogP contribution in [0.4, 0.5) is 10.5 Å². The molecule has 2 N–H and O–H groups in total. The van der Waals surface area contributed by atoms with E-state index < -0.39 is 12.0 Å². The van der Waals surface area contributed by atoms with Crippen molar-refractivity contribution in [2.45, 2.75) is 24.3 Å². The zero-order chi connectivity index (χ0) is 14.7. The van der Waals surface area contributed by atoms with Crippen molar-refractivity contribution in [1.82, 2.24) is 4.90 Å². The van der Waals surface area contributed by atoms with Gasteiger partial charge in [0, 0.05) is 17.1 Å². The van der Waals surface area contributed by atoms with Gasteiger partial charge in [-0.15, -0.1) is 11.8 Å². The number of hydrogen-bond acceptors (Lipinski definition) is 3. The van der Waals surface area contributed by atoms with Crippen LogP contribution in [0, 0.1) is 5.92 Å². The van der Waals surface area contributed by atoms with Gasteiger partial charge in [-0.2, -0.15) is 0 Å². The average Bonchev–Trinajstić information content (AvgIpc) is 2.81. The molecule has 2 atom stereocenters. The monoisotopic (exact) mass is 294 g/mol. The predicted octanol–water partition coefficient (Wildman–Crippen LogP) is 2.74. The van der Waals surface area contributed by atoms with Crippen LogP contribution in [-0.4, -0.2) is 40.8 Å². The van der Waals surface area contributed by atoms with E-state index in [1.54, 1.807) is 11.8 Å². The summed E-state index contributed by atoms with van der Waals surface area (Å²) in [7, 11) is 0. The molecular weight excluding hydrogens is 276 g/mol. The highest BCUT2D eigenvalue weighted by Gasteiger charge is 2.39. The molecule has 1 aliphatic heterocycles. The van der Waals surface area contributed by atoms with Gasteiger partial charge in [-0.25, -0.2) is 9.59 Å². The van der Waals surface area contributed by atoms with E-state index in [0.29, 0.717) is 12.2 Å². The lowest BCUT2D eigenvalue weighted by Crippen LogP contribution is -2.44. The molecule has 1 fully saturated rings. The van der Waals surface area contributed by atoms with Gasteiger partial charge in [-0.05, 0) is 42.9 Å². The standard InChI is InChI=1S/C14H18N2O3S/c1-9-7-8-16(12(9)13(17)18)14(19)15-10-3-5-11(20-2)6-4-10/h3-6,9,12H,7-8H2,1-2H3,(H,15,19)(H,17,18). The second kappa shape index (κ2) is 6.17. The topological polar surface area (TPSA) is 69.6 Å². The number of urea groups is 1. The lowest BCUT2D eigenvalue weighted by Gasteiger charge is -2.23. The number of carboxylic acids is 1. The third-order valence-electron chi connectivity index (χ3n) is 3.56. The Morgan fingerprint density at radius 2 is 2.00 bits per heavy atom. The Kier molecular flexibility index (Phi) is 4.54. The molecule has 1 saturated heterocycles. The Morgan fingerprint density at radius 3 is 2.55 bits per heavy atom. The number of benzene rings is 1. The summed E-state index contributed by atoms with van der Waals surface area (Å²) < 4.78 is 0. The van der Waals surface area contributed by atoms with E-state index in [2.05, 4.69) is 5.32 Å². The van der Waals surface area contributed by atoms with Crippen molar-refractivity contribution in [3.8, 4) is 0 Å². The van der Waals surface area contributed by atoms with E-state index in [4.69, 9.17) is 0 Å². The first-order valence-electron chi connectivity index (χ1n) is 6.47. The average molecular weight is 294 g/mol. The second-order valence-corrected chi connectivity index (χ2v) is 5.78. The Labute approximate surface area is 122 Å². The van der Waals surface area contributed by atoms with E-state index in [0.717, 1.165) is 11.3 Å². The van der Waals surface area contributed by atoms with E-state index in [1.165, 1.54) is 4.90 Å². The van der Waals surface area contributed by atoms with Crippen LogP contribution in [0.5, 0.6) is 0 Å². The first kappa shape index (κ1) is 14.7. The molecule has 0 aliphatic carbocycles. The molecule has 5 nitrogen and oxygen atoms in total. The molecule has 0 spiro atoms.